The molecule has 3 aliphatic rings. The van der Waals surface area contributed by atoms with Gasteiger partial charge in [0.2, 0.25) is 0 Å². The third kappa shape index (κ3) is 4.74. The molecule has 0 N–H and O–H groups in total. The standard InChI is InChI=1S/C26H35N3OS/c1-30-22-10-11-26-24(20-22)29(23-8-2-3-9-25(23)31-26)17-7-4-14-27-18-12-21(13-19-27)28-15-5-6-16-28/h2-3,8-11,20-21H,4-7,12-19H2,1H3. The summed E-state index contributed by atoms with van der Waals surface area (Å²) < 4.78 is 5.52. The zero-order valence-electron chi connectivity index (χ0n) is 18.8. The predicted octanol–water partition coefficient (Wildman–Crippen LogP) is 5.64. The quantitative estimate of drug-likeness (QED) is 0.521. The van der Waals surface area contributed by atoms with Crippen LogP contribution in [0.4, 0.5) is 11.4 Å². The van der Waals surface area contributed by atoms with Gasteiger partial charge in [-0.05, 0) is 95.5 Å². The smallest absolute Gasteiger partial charge is 0.121 e. The Morgan fingerprint density at radius 2 is 1.61 bits per heavy atom. The fraction of sp³-hybridized carbons (Fsp3) is 0.538. The zero-order chi connectivity index (χ0) is 21.0. The van der Waals surface area contributed by atoms with Crippen LogP contribution in [0.3, 0.4) is 0 Å². The second-order valence-electron chi connectivity index (χ2n) is 9.08. The van der Waals surface area contributed by atoms with Crippen molar-refractivity contribution >= 4 is 23.1 Å². The molecule has 4 nitrogen and oxygen atoms in total. The van der Waals surface area contributed by atoms with Crippen LogP contribution in [0.1, 0.15) is 38.5 Å². The molecule has 2 aromatic rings. The van der Waals surface area contributed by atoms with E-state index in [-0.39, 0.29) is 0 Å². The van der Waals surface area contributed by atoms with Crippen molar-refractivity contribution < 1.29 is 4.74 Å². The van der Waals surface area contributed by atoms with E-state index < -0.39 is 0 Å². The lowest BCUT2D eigenvalue weighted by atomic mass is 10.0. The predicted molar refractivity (Wildman–Crippen MR) is 130 cm³/mol. The summed E-state index contributed by atoms with van der Waals surface area (Å²) in [7, 11) is 1.75. The molecule has 2 saturated heterocycles. The van der Waals surface area contributed by atoms with Gasteiger partial charge < -0.3 is 19.4 Å². The number of para-hydroxylation sites is 1. The number of rotatable bonds is 7. The van der Waals surface area contributed by atoms with Gasteiger partial charge in [0.25, 0.3) is 0 Å². The van der Waals surface area contributed by atoms with E-state index in [9.17, 15) is 0 Å². The van der Waals surface area contributed by atoms with Crippen molar-refractivity contribution in [2.24, 2.45) is 0 Å². The van der Waals surface area contributed by atoms with Crippen LogP contribution in [0.25, 0.3) is 0 Å². The second kappa shape index (κ2) is 9.85. The van der Waals surface area contributed by atoms with Crippen LogP contribution >= 0.6 is 11.8 Å². The number of ether oxygens (including phenoxy) is 1. The topological polar surface area (TPSA) is 19.0 Å². The first kappa shape index (κ1) is 21.2. The van der Waals surface area contributed by atoms with Crippen molar-refractivity contribution in [2.75, 3.05) is 51.3 Å². The van der Waals surface area contributed by atoms with Crippen LogP contribution in [0.5, 0.6) is 5.75 Å². The van der Waals surface area contributed by atoms with Gasteiger partial charge in [-0.1, -0.05) is 23.9 Å². The molecule has 0 aliphatic carbocycles. The normalized spacial score (nSPS) is 20.0. The number of hydrogen-bond acceptors (Lipinski definition) is 5. The Morgan fingerprint density at radius 1 is 0.871 bits per heavy atom. The molecule has 0 radical (unpaired) electrons. The summed E-state index contributed by atoms with van der Waals surface area (Å²) in [4.78, 5) is 10.6. The maximum Gasteiger partial charge on any atom is 0.121 e. The molecule has 5 rings (SSSR count). The zero-order valence-corrected chi connectivity index (χ0v) is 19.6. The third-order valence-corrected chi connectivity index (χ3v) is 8.28. The van der Waals surface area contributed by atoms with Crippen molar-refractivity contribution in [3.63, 3.8) is 0 Å². The summed E-state index contributed by atoms with van der Waals surface area (Å²) in [5.41, 5.74) is 2.62. The fourth-order valence-corrected chi connectivity index (χ4v) is 6.47. The van der Waals surface area contributed by atoms with Gasteiger partial charge in [-0.25, -0.2) is 0 Å². The Balaban J connectivity index is 1.16. The second-order valence-corrected chi connectivity index (χ2v) is 10.2. The van der Waals surface area contributed by atoms with Crippen LogP contribution in [0.2, 0.25) is 0 Å². The summed E-state index contributed by atoms with van der Waals surface area (Å²) in [6.07, 6.45) is 8.02. The molecule has 0 saturated carbocycles. The third-order valence-electron chi connectivity index (χ3n) is 7.15. The molecule has 5 heteroatoms. The monoisotopic (exact) mass is 437 g/mol. The molecule has 2 aromatic carbocycles. The van der Waals surface area contributed by atoms with Crippen LogP contribution in [-0.2, 0) is 0 Å². The number of hydrogen-bond donors (Lipinski definition) is 0. The molecule has 31 heavy (non-hydrogen) atoms. The molecule has 2 fully saturated rings. The summed E-state index contributed by atoms with van der Waals surface area (Å²) in [6, 6.07) is 16.1. The Bertz CT molecular complexity index is 875. The molecule has 0 unspecified atom stereocenters. The minimum absolute atomic E-state index is 0.854. The summed E-state index contributed by atoms with van der Waals surface area (Å²) in [5, 5.41) is 0. The molecular formula is C26H35N3OS. The van der Waals surface area contributed by atoms with E-state index in [0.29, 0.717) is 0 Å². The molecule has 3 heterocycles. The molecule has 166 valence electrons. The minimum atomic E-state index is 0.854. The lowest BCUT2D eigenvalue weighted by Gasteiger charge is -2.37. The van der Waals surface area contributed by atoms with Crippen molar-refractivity contribution in [3.05, 3.63) is 42.5 Å². The molecule has 0 atom stereocenters. The van der Waals surface area contributed by atoms with Gasteiger partial charge in [0.05, 0.1) is 18.5 Å². The number of fused-ring (bicyclic) bond motifs is 2. The Labute approximate surface area is 191 Å². The molecule has 0 bridgehead atoms. The van der Waals surface area contributed by atoms with Crippen LogP contribution in [0, 0.1) is 0 Å². The SMILES string of the molecule is COc1ccc2c(c1)N(CCCCN1CCC(N3CCCC3)CC1)c1ccccc1S2. The van der Waals surface area contributed by atoms with Crippen molar-refractivity contribution in [2.45, 2.75) is 54.4 Å². The van der Waals surface area contributed by atoms with E-state index in [0.717, 1.165) is 18.3 Å². The van der Waals surface area contributed by atoms with Gasteiger partial charge in [-0.15, -0.1) is 0 Å². The van der Waals surface area contributed by atoms with Crippen LogP contribution < -0.4 is 9.64 Å². The van der Waals surface area contributed by atoms with Gasteiger partial charge in [-0.3, -0.25) is 0 Å². The van der Waals surface area contributed by atoms with Crippen molar-refractivity contribution in [1.29, 1.82) is 0 Å². The first-order valence-corrected chi connectivity index (χ1v) is 12.8. The highest BCUT2D eigenvalue weighted by molar-refractivity contribution is 7.99. The highest BCUT2D eigenvalue weighted by Gasteiger charge is 2.26. The molecule has 0 spiro atoms. The van der Waals surface area contributed by atoms with E-state index in [4.69, 9.17) is 4.74 Å². The number of anilines is 2. The Morgan fingerprint density at radius 3 is 2.42 bits per heavy atom. The Hall–Kier alpha value is -1.69. The fourth-order valence-electron chi connectivity index (χ4n) is 5.40. The van der Waals surface area contributed by atoms with Crippen LogP contribution in [-0.4, -0.2) is 62.2 Å². The number of unbranched alkanes of at least 4 members (excludes halogenated alkanes) is 1. The lowest BCUT2D eigenvalue weighted by molar-refractivity contribution is 0.126. The minimum Gasteiger partial charge on any atom is -0.497 e. The first-order chi connectivity index (χ1) is 15.3. The largest absolute Gasteiger partial charge is 0.497 e. The van der Waals surface area contributed by atoms with Crippen LogP contribution in [0.15, 0.2) is 52.3 Å². The molecule has 3 aliphatic heterocycles. The molecule has 0 aromatic heterocycles. The van der Waals surface area contributed by atoms with E-state index in [2.05, 4.69) is 57.2 Å². The van der Waals surface area contributed by atoms with Crippen molar-refractivity contribution in [1.82, 2.24) is 9.80 Å². The number of piperidine rings is 1. The van der Waals surface area contributed by atoms with Gasteiger partial charge in [-0.2, -0.15) is 0 Å². The van der Waals surface area contributed by atoms with Gasteiger partial charge in [0, 0.05) is 28.4 Å². The Kier molecular flexibility index (Phi) is 6.72. The highest BCUT2D eigenvalue weighted by Crippen LogP contribution is 2.49. The van der Waals surface area contributed by atoms with E-state index in [1.165, 1.54) is 92.4 Å². The number of nitrogens with zero attached hydrogens (tertiary/aromatic N) is 3. The number of methoxy groups -OCH3 is 1. The van der Waals surface area contributed by atoms with E-state index in [1.54, 1.807) is 7.11 Å². The van der Waals surface area contributed by atoms with E-state index in [1.807, 2.05) is 11.8 Å². The number of benzene rings is 2. The maximum atomic E-state index is 5.52. The summed E-state index contributed by atoms with van der Waals surface area (Å²) in [6.45, 7) is 7.54. The molecular weight excluding hydrogens is 402 g/mol. The first-order valence-electron chi connectivity index (χ1n) is 12.0. The van der Waals surface area contributed by atoms with Crippen molar-refractivity contribution in [3.8, 4) is 5.75 Å². The van der Waals surface area contributed by atoms with Gasteiger partial charge in [0.1, 0.15) is 5.75 Å². The average molecular weight is 438 g/mol. The maximum absolute atomic E-state index is 5.52. The summed E-state index contributed by atoms with van der Waals surface area (Å²) >= 11 is 1.87. The molecule has 0 amide bonds. The van der Waals surface area contributed by atoms with Gasteiger partial charge >= 0.3 is 0 Å². The average Bonchev–Trinajstić information content (AvgIpc) is 3.36. The van der Waals surface area contributed by atoms with E-state index >= 15 is 0 Å². The lowest BCUT2D eigenvalue weighted by Crippen LogP contribution is -2.44. The highest BCUT2D eigenvalue weighted by atomic mass is 32.2. The van der Waals surface area contributed by atoms with Gasteiger partial charge in [0.15, 0.2) is 0 Å². The number of likely N-dealkylation sites (tertiary alicyclic amines) is 2. The summed E-state index contributed by atoms with van der Waals surface area (Å²) in [5.74, 6) is 0.935.